The summed E-state index contributed by atoms with van der Waals surface area (Å²) in [5, 5.41) is 21.4. The summed E-state index contributed by atoms with van der Waals surface area (Å²) in [6.45, 7) is 1.34. The smallest absolute Gasteiger partial charge is 0.133 e. The van der Waals surface area contributed by atoms with Crippen molar-refractivity contribution in [1.82, 2.24) is 4.65 Å². The Labute approximate surface area is 83.8 Å². The molecule has 0 aliphatic carbocycles. The van der Waals surface area contributed by atoms with E-state index in [1.54, 1.807) is 24.3 Å². The monoisotopic (exact) mass is 193 g/mol. The highest BCUT2D eigenvalue weighted by atomic mass is 16.5. The van der Waals surface area contributed by atoms with Crippen LogP contribution in [0.3, 0.4) is 0 Å². The highest BCUT2D eigenvalue weighted by Gasteiger charge is 2.23. The van der Waals surface area contributed by atoms with Crippen LogP contribution in [0.25, 0.3) is 0 Å². The number of quaternary nitrogens is 1. The summed E-state index contributed by atoms with van der Waals surface area (Å²) in [4.78, 5) is 0. The third-order valence-corrected chi connectivity index (χ3v) is 2.86. The van der Waals surface area contributed by atoms with Crippen molar-refractivity contribution in [2.24, 2.45) is 0 Å². The molecule has 14 heavy (non-hydrogen) atoms. The minimum atomic E-state index is -0.222. The van der Waals surface area contributed by atoms with Gasteiger partial charge in [0, 0.05) is 12.1 Å². The molecule has 3 heteroatoms. The Hall–Kier alpha value is -1.06. The van der Waals surface area contributed by atoms with Crippen molar-refractivity contribution in [2.45, 2.75) is 19.3 Å². The predicted octanol–water partition coefficient (Wildman–Crippen LogP) is 2.38. The van der Waals surface area contributed by atoms with E-state index < -0.39 is 0 Å². The Morgan fingerprint density at radius 1 is 1.00 bits per heavy atom. The Bertz CT molecular complexity index is 302. The molecule has 0 bridgehead atoms. The van der Waals surface area contributed by atoms with Crippen LogP contribution in [-0.2, 0) is 0 Å². The van der Waals surface area contributed by atoms with Crippen LogP contribution in [-0.4, -0.2) is 18.2 Å². The zero-order valence-corrected chi connectivity index (χ0v) is 8.15. The number of nitrogens with zero attached hydrogens (tertiary/aromatic N) is 1. The maximum absolute atomic E-state index is 12.3. The zero-order valence-electron chi connectivity index (χ0n) is 8.15. The van der Waals surface area contributed by atoms with Crippen LogP contribution in [0.5, 0.6) is 5.75 Å². The zero-order chi connectivity index (χ0) is 10.0. The fraction of sp³-hybridized carbons (Fsp3) is 0.455. The normalized spacial score (nSPS) is 20.6. The maximum atomic E-state index is 12.3. The van der Waals surface area contributed by atoms with E-state index in [-0.39, 0.29) is 10.4 Å². The lowest BCUT2D eigenvalue weighted by Crippen LogP contribution is -2.47. The third kappa shape index (κ3) is 1.74. The molecule has 1 aliphatic heterocycles. The summed E-state index contributed by atoms with van der Waals surface area (Å²) in [6.07, 6.45) is 3.18. The summed E-state index contributed by atoms with van der Waals surface area (Å²) >= 11 is 0. The molecule has 0 radical (unpaired) electrons. The first-order valence-electron chi connectivity index (χ1n) is 5.08. The summed E-state index contributed by atoms with van der Waals surface area (Å²) < 4.78 is -0.222. The molecular formula is C11H15NO2. The fourth-order valence-electron chi connectivity index (χ4n) is 2.01. The molecule has 76 valence electrons. The van der Waals surface area contributed by atoms with Gasteiger partial charge in [0.05, 0.1) is 13.1 Å². The highest BCUT2D eigenvalue weighted by Crippen LogP contribution is 2.28. The molecule has 1 fully saturated rings. The van der Waals surface area contributed by atoms with Crippen LogP contribution in [0, 0.1) is 5.21 Å². The van der Waals surface area contributed by atoms with Gasteiger partial charge >= 0.3 is 0 Å². The highest BCUT2D eigenvalue weighted by molar-refractivity contribution is 5.46. The van der Waals surface area contributed by atoms with Gasteiger partial charge in [0.25, 0.3) is 0 Å². The second kappa shape index (κ2) is 3.59. The van der Waals surface area contributed by atoms with Gasteiger partial charge in [0.2, 0.25) is 0 Å². The molecule has 0 amide bonds. The lowest BCUT2D eigenvalue weighted by Gasteiger charge is -2.44. The summed E-state index contributed by atoms with van der Waals surface area (Å²) in [6, 6.07) is 6.63. The third-order valence-electron chi connectivity index (χ3n) is 2.86. The second-order valence-electron chi connectivity index (χ2n) is 3.91. The van der Waals surface area contributed by atoms with Gasteiger partial charge in [-0.15, -0.1) is 0 Å². The first-order chi connectivity index (χ1) is 6.71. The van der Waals surface area contributed by atoms with E-state index in [0.717, 1.165) is 18.5 Å². The minimum absolute atomic E-state index is 0.220. The molecule has 1 aromatic carbocycles. The Morgan fingerprint density at radius 2 is 1.57 bits per heavy atom. The van der Waals surface area contributed by atoms with Crippen molar-refractivity contribution in [3.8, 4) is 5.75 Å². The van der Waals surface area contributed by atoms with Gasteiger partial charge < -0.3 is 15.0 Å². The number of phenols is 1. The molecule has 2 rings (SSSR count). The van der Waals surface area contributed by atoms with Crippen molar-refractivity contribution >= 4 is 5.69 Å². The molecule has 3 nitrogen and oxygen atoms in total. The first-order valence-corrected chi connectivity index (χ1v) is 5.08. The number of hydroxylamine groups is 2. The van der Waals surface area contributed by atoms with Gasteiger partial charge in [-0.3, -0.25) is 0 Å². The average molecular weight is 193 g/mol. The quantitative estimate of drug-likeness (QED) is 0.549. The van der Waals surface area contributed by atoms with Crippen LogP contribution < -0.4 is 4.65 Å². The summed E-state index contributed by atoms with van der Waals surface area (Å²) in [7, 11) is 0. The maximum Gasteiger partial charge on any atom is 0.133 e. The van der Waals surface area contributed by atoms with Crippen molar-refractivity contribution in [3.05, 3.63) is 29.5 Å². The Morgan fingerprint density at radius 3 is 2.14 bits per heavy atom. The first kappa shape index (κ1) is 9.49. The molecule has 0 aromatic heterocycles. The van der Waals surface area contributed by atoms with Gasteiger partial charge in [0.15, 0.2) is 0 Å². The number of rotatable bonds is 1. The lowest BCUT2D eigenvalue weighted by atomic mass is 10.1. The molecule has 1 heterocycles. The van der Waals surface area contributed by atoms with E-state index in [1.807, 2.05) is 0 Å². The van der Waals surface area contributed by atoms with Gasteiger partial charge in [0.1, 0.15) is 11.4 Å². The van der Waals surface area contributed by atoms with Crippen molar-refractivity contribution in [2.75, 3.05) is 13.1 Å². The number of hydrogen-bond acceptors (Lipinski definition) is 2. The molecule has 1 aromatic rings. The number of phenolic OH excluding ortho intramolecular Hbond substituents is 1. The minimum Gasteiger partial charge on any atom is -0.627 e. The SMILES string of the molecule is [O-][N+]1(c2ccc(O)cc2)CCCCC1. The van der Waals surface area contributed by atoms with Crippen LogP contribution in [0.15, 0.2) is 24.3 Å². The molecule has 1 aliphatic rings. The Balaban J connectivity index is 2.23. The standard InChI is InChI=1S/C11H15NO2/c13-11-6-4-10(5-7-11)12(14)8-2-1-3-9-12/h4-7,13H,1-3,8-9H2. The molecule has 0 unspecified atom stereocenters. The summed E-state index contributed by atoms with van der Waals surface area (Å²) in [5.74, 6) is 0.220. The number of hydrogen-bond donors (Lipinski definition) is 1. The lowest BCUT2D eigenvalue weighted by molar-refractivity contribution is 0.307. The number of benzene rings is 1. The van der Waals surface area contributed by atoms with E-state index in [2.05, 4.69) is 0 Å². The average Bonchev–Trinajstić information content (AvgIpc) is 2.19. The van der Waals surface area contributed by atoms with E-state index in [9.17, 15) is 5.21 Å². The van der Waals surface area contributed by atoms with Crippen molar-refractivity contribution in [3.63, 3.8) is 0 Å². The second-order valence-corrected chi connectivity index (χ2v) is 3.91. The summed E-state index contributed by atoms with van der Waals surface area (Å²) in [5.41, 5.74) is 0.766. The van der Waals surface area contributed by atoms with Crippen LogP contribution in [0.2, 0.25) is 0 Å². The van der Waals surface area contributed by atoms with Crippen LogP contribution in [0.4, 0.5) is 5.69 Å². The molecule has 0 saturated carbocycles. The van der Waals surface area contributed by atoms with Gasteiger partial charge in [-0.25, -0.2) is 0 Å². The van der Waals surface area contributed by atoms with E-state index >= 15 is 0 Å². The molecule has 0 spiro atoms. The van der Waals surface area contributed by atoms with E-state index in [1.165, 1.54) is 6.42 Å². The van der Waals surface area contributed by atoms with Crippen LogP contribution >= 0.6 is 0 Å². The number of piperidine rings is 1. The Kier molecular flexibility index (Phi) is 2.44. The molecule has 0 atom stereocenters. The van der Waals surface area contributed by atoms with E-state index in [4.69, 9.17) is 5.11 Å². The largest absolute Gasteiger partial charge is 0.627 e. The van der Waals surface area contributed by atoms with Crippen molar-refractivity contribution < 1.29 is 5.11 Å². The van der Waals surface area contributed by atoms with Gasteiger partial charge in [-0.05, 0) is 31.4 Å². The molecule has 1 saturated heterocycles. The molecular weight excluding hydrogens is 178 g/mol. The molecule has 1 N–H and O–H groups in total. The predicted molar refractivity (Wildman–Crippen MR) is 56.9 cm³/mol. The van der Waals surface area contributed by atoms with Crippen LogP contribution in [0.1, 0.15) is 19.3 Å². The topological polar surface area (TPSA) is 43.3 Å². The van der Waals surface area contributed by atoms with E-state index in [0.29, 0.717) is 13.1 Å². The van der Waals surface area contributed by atoms with Crippen molar-refractivity contribution in [1.29, 1.82) is 0 Å². The fourth-order valence-corrected chi connectivity index (χ4v) is 2.01. The van der Waals surface area contributed by atoms with Gasteiger partial charge in [-0.2, -0.15) is 0 Å². The van der Waals surface area contributed by atoms with Gasteiger partial charge in [-0.1, -0.05) is 0 Å². The number of aromatic hydroxyl groups is 1.